The quantitative estimate of drug-likeness (QED) is 0.776. The summed E-state index contributed by atoms with van der Waals surface area (Å²) in [7, 11) is 0. The van der Waals surface area contributed by atoms with Gasteiger partial charge in [0.25, 0.3) is 5.91 Å². The molecule has 0 aromatic heterocycles. The number of amides is 2. The van der Waals surface area contributed by atoms with Crippen molar-refractivity contribution in [3.8, 4) is 0 Å². The summed E-state index contributed by atoms with van der Waals surface area (Å²) in [6.07, 6.45) is 3.68. The molecule has 21 heavy (non-hydrogen) atoms. The van der Waals surface area contributed by atoms with E-state index >= 15 is 0 Å². The van der Waals surface area contributed by atoms with Crippen molar-refractivity contribution in [2.75, 3.05) is 23.7 Å². The molecule has 0 saturated carbocycles. The van der Waals surface area contributed by atoms with Crippen molar-refractivity contribution < 1.29 is 14.5 Å². The summed E-state index contributed by atoms with van der Waals surface area (Å²) in [4.78, 5) is 24.4. The first-order valence-electron chi connectivity index (χ1n) is 7.56. The van der Waals surface area contributed by atoms with E-state index in [1.165, 1.54) is 31.1 Å². The third-order valence-electron chi connectivity index (χ3n) is 3.96. The number of hydrogen-bond acceptors (Lipinski definition) is 2. The Morgan fingerprint density at radius 1 is 1.14 bits per heavy atom. The SMILES string of the molecule is CC(=O)Nc1ccc(NC(=O)C[NH+]2CCCC[C@@H]2C)cc1. The third-order valence-corrected chi connectivity index (χ3v) is 3.96. The average molecular weight is 290 g/mol. The fourth-order valence-electron chi connectivity index (χ4n) is 2.77. The maximum absolute atomic E-state index is 12.1. The van der Waals surface area contributed by atoms with E-state index in [1.54, 1.807) is 24.3 Å². The van der Waals surface area contributed by atoms with E-state index in [4.69, 9.17) is 0 Å². The van der Waals surface area contributed by atoms with Crippen LogP contribution in [0.25, 0.3) is 0 Å². The largest absolute Gasteiger partial charge is 0.326 e. The lowest BCUT2D eigenvalue weighted by molar-refractivity contribution is -0.920. The van der Waals surface area contributed by atoms with Crippen LogP contribution in [0.2, 0.25) is 0 Å². The third kappa shape index (κ3) is 4.86. The van der Waals surface area contributed by atoms with Crippen molar-refractivity contribution >= 4 is 23.2 Å². The number of benzene rings is 1. The molecule has 0 radical (unpaired) electrons. The second kappa shape index (κ2) is 7.22. The van der Waals surface area contributed by atoms with Gasteiger partial charge in [-0.3, -0.25) is 9.59 Å². The molecule has 2 atom stereocenters. The second-order valence-electron chi connectivity index (χ2n) is 5.79. The smallest absolute Gasteiger partial charge is 0.279 e. The van der Waals surface area contributed by atoms with Crippen LogP contribution < -0.4 is 15.5 Å². The number of rotatable bonds is 4. The molecule has 1 saturated heterocycles. The number of carbonyl (C=O) groups excluding carboxylic acids is 2. The molecule has 1 heterocycles. The first-order chi connectivity index (χ1) is 10.0. The van der Waals surface area contributed by atoms with Crippen molar-refractivity contribution in [1.82, 2.24) is 0 Å². The van der Waals surface area contributed by atoms with E-state index in [2.05, 4.69) is 17.6 Å². The molecule has 2 amide bonds. The maximum Gasteiger partial charge on any atom is 0.279 e. The molecular formula is C16H24N3O2+. The molecule has 5 heteroatoms. The fraction of sp³-hybridized carbons (Fsp3) is 0.500. The predicted molar refractivity (Wildman–Crippen MR) is 83.4 cm³/mol. The normalized spacial score (nSPS) is 21.6. The Kier molecular flexibility index (Phi) is 5.33. The van der Waals surface area contributed by atoms with Crippen LogP contribution in [0.5, 0.6) is 0 Å². The number of piperidine rings is 1. The van der Waals surface area contributed by atoms with Crippen molar-refractivity contribution in [2.45, 2.75) is 39.2 Å². The summed E-state index contributed by atoms with van der Waals surface area (Å²) < 4.78 is 0. The van der Waals surface area contributed by atoms with Gasteiger partial charge in [0.1, 0.15) is 0 Å². The van der Waals surface area contributed by atoms with E-state index in [-0.39, 0.29) is 11.8 Å². The molecule has 1 aliphatic heterocycles. The predicted octanol–water partition coefficient (Wildman–Crippen LogP) is 1.04. The van der Waals surface area contributed by atoms with E-state index in [0.29, 0.717) is 12.6 Å². The van der Waals surface area contributed by atoms with Crippen LogP contribution in [0.15, 0.2) is 24.3 Å². The van der Waals surface area contributed by atoms with Gasteiger partial charge in [-0.25, -0.2) is 0 Å². The van der Waals surface area contributed by atoms with Crippen LogP contribution in [-0.4, -0.2) is 30.9 Å². The summed E-state index contributed by atoms with van der Waals surface area (Å²) in [5, 5.41) is 5.62. The molecule has 0 bridgehead atoms. The summed E-state index contributed by atoms with van der Waals surface area (Å²) in [6, 6.07) is 7.74. The Labute approximate surface area is 125 Å². The van der Waals surface area contributed by atoms with Gasteiger partial charge in [0, 0.05) is 18.3 Å². The van der Waals surface area contributed by atoms with Crippen molar-refractivity contribution in [2.24, 2.45) is 0 Å². The molecule has 1 unspecified atom stereocenters. The van der Waals surface area contributed by atoms with Crippen LogP contribution in [-0.2, 0) is 9.59 Å². The zero-order valence-corrected chi connectivity index (χ0v) is 12.7. The number of carbonyl (C=O) groups is 2. The Bertz CT molecular complexity index is 499. The molecule has 1 aromatic carbocycles. The van der Waals surface area contributed by atoms with Crippen molar-refractivity contribution in [3.05, 3.63) is 24.3 Å². The highest BCUT2D eigenvalue weighted by atomic mass is 16.2. The average Bonchev–Trinajstić information content (AvgIpc) is 2.43. The van der Waals surface area contributed by atoms with Gasteiger partial charge < -0.3 is 15.5 Å². The number of hydrogen-bond donors (Lipinski definition) is 3. The van der Waals surface area contributed by atoms with E-state index in [1.807, 2.05) is 0 Å². The molecule has 1 fully saturated rings. The standard InChI is InChI=1S/C16H23N3O2/c1-12-5-3-4-10-19(12)11-16(21)18-15-8-6-14(7-9-15)17-13(2)20/h6-9,12H,3-5,10-11H2,1-2H3,(H,17,20)(H,18,21)/p+1/t12-/m0/s1. The van der Waals surface area contributed by atoms with Gasteiger partial charge in [0.2, 0.25) is 5.91 Å². The molecule has 1 aliphatic rings. The molecule has 5 nitrogen and oxygen atoms in total. The van der Waals surface area contributed by atoms with Crippen LogP contribution in [0.3, 0.4) is 0 Å². The van der Waals surface area contributed by atoms with Gasteiger partial charge in [0.15, 0.2) is 6.54 Å². The minimum atomic E-state index is -0.102. The lowest BCUT2D eigenvalue weighted by atomic mass is 10.0. The van der Waals surface area contributed by atoms with Crippen molar-refractivity contribution in [3.63, 3.8) is 0 Å². The summed E-state index contributed by atoms with van der Waals surface area (Å²) in [5.74, 6) is -0.0551. The van der Waals surface area contributed by atoms with Gasteiger partial charge in [-0.1, -0.05) is 0 Å². The van der Waals surface area contributed by atoms with Crippen LogP contribution >= 0.6 is 0 Å². The zero-order valence-electron chi connectivity index (χ0n) is 12.7. The van der Waals surface area contributed by atoms with Gasteiger partial charge in [-0.2, -0.15) is 0 Å². The Morgan fingerprint density at radius 2 is 1.76 bits per heavy atom. The highest BCUT2D eigenvalue weighted by Crippen LogP contribution is 2.13. The highest BCUT2D eigenvalue weighted by Gasteiger charge is 2.24. The van der Waals surface area contributed by atoms with Gasteiger partial charge in [-0.05, 0) is 50.5 Å². The summed E-state index contributed by atoms with van der Waals surface area (Å²) in [5.41, 5.74) is 1.49. The molecule has 2 rings (SSSR count). The van der Waals surface area contributed by atoms with Gasteiger partial charge >= 0.3 is 0 Å². The molecule has 0 aliphatic carbocycles. The monoisotopic (exact) mass is 290 g/mol. The van der Waals surface area contributed by atoms with E-state index in [0.717, 1.165) is 17.9 Å². The van der Waals surface area contributed by atoms with E-state index < -0.39 is 0 Å². The van der Waals surface area contributed by atoms with Gasteiger partial charge in [0.05, 0.1) is 12.6 Å². The lowest BCUT2D eigenvalue weighted by Gasteiger charge is -2.29. The van der Waals surface area contributed by atoms with Crippen LogP contribution in [0.1, 0.15) is 33.1 Å². The first kappa shape index (κ1) is 15.5. The molecular weight excluding hydrogens is 266 g/mol. The molecule has 1 aromatic rings. The summed E-state index contributed by atoms with van der Waals surface area (Å²) in [6.45, 7) is 5.28. The van der Waals surface area contributed by atoms with Crippen LogP contribution in [0.4, 0.5) is 11.4 Å². The lowest BCUT2D eigenvalue weighted by Crippen LogP contribution is -3.17. The Hall–Kier alpha value is -1.88. The zero-order chi connectivity index (χ0) is 15.2. The number of likely N-dealkylation sites (tertiary alicyclic amines) is 1. The Balaban J connectivity index is 1.85. The highest BCUT2D eigenvalue weighted by molar-refractivity contribution is 5.92. The van der Waals surface area contributed by atoms with Gasteiger partial charge in [-0.15, -0.1) is 0 Å². The molecule has 0 spiro atoms. The first-order valence-corrected chi connectivity index (χ1v) is 7.56. The fourth-order valence-corrected chi connectivity index (χ4v) is 2.77. The molecule has 3 N–H and O–H groups in total. The summed E-state index contributed by atoms with van der Waals surface area (Å²) >= 11 is 0. The minimum absolute atomic E-state index is 0.0472. The number of anilines is 2. The Morgan fingerprint density at radius 3 is 2.33 bits per heavy atom. The van der Waals surface area contributed by atoms with E-state index in [9.17, 15) is 9.59 Å². The van der Waals surface area contributed by atoms with Crippen LogP contribution in [0, 0.1) is 0 Å². The van der Waals surface area contributed by atoms with Crippen molar-refractivity contribution in [1.29, 1.82) is 0 Å². The number of quaternary nitrogens is 1. The minimum Gasteiger partial charge on any atom is -0.326 e. The molecule has 114 valence electrons. The second-order valence-corrected chi connectivity index (χ2v) is 5.79. The maximum atomic E-state index is 12.1. The number of nitrogens with one attached hydrogen (secondary N) is 3. The topological polar surface area (TPSA) is 62.6 Å².